The Kier molecular flexibility index (Phi) is 4.09. The lowest BCUT2D eigenvalue weighted by atomic mass is 9.64. The van der Waals surface area contributed by atoms with Crippen LogP contribution in [0.15, 0.2) is 73.1 Å². The molecule has 0 amide bonds. The zero-order chi connectivity index (χ0) is 22.9. The molecule has 0 saturated carbocycles. The zero-order valence-electron chi connectivity index (χ0n) is 18.4. The van der Waals surface area contributed by atoms with Crippen molar-refractivity contribution in [3.05, 3.63) is 101 Å². The molecule has 3 aromatic rings. The minimum atomic E-state index is -1.43. The van der Waals surface area contributed by atoms with Gasteiger partial charge in [-0.3, -0.25) is 19.4 Å². The summed E-state index contributed by atoms with van der Waals surface area (Å²) < 4.78 is 0. The van der Waals surface area contributed by atoms with Crippen LogP contribution in [-0.2, 0) is 4.79 Å². The van der Waals surface area contributed by atoms with Gasteiger partial charge in [0.15, 0.2) is 17.3 Å². The quantitative estimate of drug-likeness (QED) is 0.559. The van der Waals surface area contributed by atoms with Crippen LogP contribution in [0.1, 0.15) is 50.2 Å². The first kappa shape index (κ1) is 19.8. The van der Waals surface area contributed by atoms with E-state index in [1.807, 2.05) is 48.2 Å². The normalized spacial score (nSPS) is 24.1. The van der Waals surface area contributed by atoms with Gasteiger partial charge in [-0.1, -0.05) is 54.6 Å². The van der Waals surface area contributed by atoms with Crippen molar-refractivity contribution in [2.24, 2.45) is 5.41 Å². The predicted molar refractivity (Wildman–Crippen MR) is 125 cm³/mol. The van der Waals surface area contributed by atoms with Crippen LogP contribution in [0.2, 0.25) is 0 Å². The van der Waals surface area contributed by atoms with Crippen LogP contribution in [0.5, 0.6) is 0 Å². The average molecular weight is 434 g/mol. The Bertz CT molecular complexity index is 1340. The topological polar surface area (TPSA) is 67.3 Å². The number of fused-ring (bicyclic) bond motifs is 5. The second kappa shape index (κ2) is 6.82. The molecule has 3 atom stereocenters. The van der Waals surface area contributed by atoms with Gasteiger partial charge < -0.3 is 4.90 Å². The van der Waals surface area contributed by atoms with Gasteiger partial charge in [0, 0.05) is 35.1 Å². The summed E-state index contributed by atoms with van der Waals surface area (Å²) in [5.41, 5.74) is 3.07. The summed E-state index contributed by atoms with van der Waals surface area (Å²) in [6.45, 7) is 3.55. The number of rotatable bonds is 2. The monoisotopic (exact) mass is 434 g/mol. The molecule has 3 heterocycles. The number of nitrogens with zero attached hydrogens (tertiary/aromatic N) is 2. The van der Waals surface area contributed by atoms with Crippen LogP contribution in [0.3, 0.4) is 0 Å². The fourth-order valence-electron chi connectivity index (χ4n) is 6.16. The van der Waals surface area contributed by atoms with E-state index < -0.39 is 23.4 Å². The van der Waals surface area contributed by atoms with Gasteiger partial charge in [0.05, 0.1) is 12.1 Å². The number of carbonyl (C=O) groups excluding carboxylic acids is 3. The number of aromatic nitrogens is 1. The zero-order valence-corrected chi connectivity index (χ0v) is 18.4. The van der Waals surface area contributed by atoms with Crippen molar-refractivity contribution in [3.8, 4) is 0 Å². The molecule has 3 aliphatic rings. The molecule has 33 heavy (non-hydrogen) atoms. The van der Waals surface area contributed by atoms with Crippen molar-refractivity contribution in [2.45, 2.75) is 31.8 Å². The summed E-state index contributed by atoms with van der Waals surface area (Å²) in [4.78, 5) is 48.0. The number of pyridine rings is 1. The van der Waals surface area contributed by atoms with Gasteiger partial charge in [0.2, 0.25) is 0 Å². The van der Waals surface area contributed by atoms with Crippen molar-refractivity contribution in [3.63, 3.8) is 0 Å². The summed E-state index contributed by atoms with van der Waals surface area (Å²) in [6, 6.07) is 15.5. The molecule has 1 fully saturated rings. The van der Waals surface area contributed by atoms with Gasteiger partial charge in [-0.15, -0.1) is 0 Å². The molecule has 0 bridgehead atoms. The van der Waals surface area contributed by atoms with Crippen molar-refractivity contribution in [1.82, 2.24) is 4.98 Å². The van der Waals surface area contributed by atoms with Gasteiger partial charge >= 0.3 is 0 Å². The molecule has 1 saturated heterocycles. The third-order valence-corrected chi connectivity index (χ3v) is 7.42. The number of ketones is 3. The number of anilines is 1. The van der Waals surface area contributed by atoms with Crippen molar-refractivity contribution >= 4 is 29.1 Å². The lowest BCUT2D eigenvalue weighted by Gasteiger charge is -2.37. The van der Waals surface area contributed by atoms with Crippen LogP contribution < -0.4 is 4.90 Å². The van der Waals surface area contributed by atoms with E-state index in [1.54, 1.807) is 49.6 Å². The third kappa shape index (κ3) is 2.42. The highest BCUT2D eigenvalue weighted by Gasteiger charge is 2.71. The third-order valence-electron chi connectivity index (χ3n) is 7.42. The minimum absolute atomic E-state index is 0.0787. The molecule has 0 radical (unpaired) electrons. The molecule has 6 rings (SSSR count). The summed E-state index contributed by atoms with van der Waals surface area (Å²) in [7, 11) is 0. The number of Topliss-reactive ketones (excluding diaryl/α,β-unsaturated/α-hetero) is 3. The highest BCUT2D eigenvalue weighted by molar-refractivity contribution is 6.32. The van der Waals surface area contributed by atoms with E-state index in [-0.39, 0.29) is 17.3 Å². The Morgan fingerprint density at radius 3 is 2.36 bits per heavy atom. The average Bonchev–Trinajstić information content (AvgIpc) is 3.27. The molecule has 2 aliphatic heterocycles. The molecule has 5 nitrogen and oxygen atoms in total. The van der Waals surface area contributed by atoms with E-state index in [1.165, 1.54) is 0 Å². The van der Waals surface area contributed by atoms with Crippen LogP contribution in [0.25, 0.3) is 6.08 Å². The Morgan fingerprint density at radius 2 is 1.73 bits per heavy atom. The smallest absolute Gasteiger partial charge is 0.180 e. The van der Waals surface area contributed by atoms with E-state index in [4.69, 9.17) is 0 Å². The van der Waals surface area contributed by atoms with Crippen molar-refractivity contribution in [1.29, 1.82) is 0 Å². The van der Waals surface area contributed by atoms with E-state index in [0.717, 1.165) is 22.4 Å². The fourth-order valence-corrected chi connectivity index (χ4v) is 6.16. The van der Waals surface area contributed by atoms with Crippen LogP contribution in [0, 0.1) is 12.3 Å². The second-order valence-electron chi connectivity index (χ2n) is 9.17. The Labute approximate surface area is 191 Å². The first-order chi connectivity index (χ1) is 16.0. The van der Waals surface area contributed by atoms with Gasteiger partial charge in [-0.25, -0.2) is 0 Å². The number of carbonyl (C=O) groups is 3. The summed E-state index contributed by atoms with van der Waals surface area (Å²) in [5, 5.41) is 0. The van der Waals surface area contributed by atoms with Gasteiger partial charge in [-0.05, 0) is 42.7 Å². The summed E-state index contributed by atoms with van der Waals surface area (Å²) in [5.74, 6) is -1.16. The van der Waals surface area contributed by atoms with E-state index in [2.05, 4.69) is 4.98 Å². The number of hydrogen-bond acceptors (Lipinski definition) is 5. The molecule has 1 aromatic heterocycles. The first-order valence-electron chi connectivity index (χ1n) is 11.1. The number of aryl methyl sites for hydroxylation is 1. The van der Waals surface area contributed by atoms with E-state index in [0.29, 0.717) is 11.1 Å². The van der Waals surface area contributed by atoms with Crippen LogP contribution in [0.4, 0.5) is 5.69 Å². The molecule has 0 unspecified atom stereocenters. The maximum absolute atomic E-state index is 14.2. The second-order valence-corrected chi connectivity index (χ2v) is 9.17. The molecular formula is C28H22N2O3. The molecule has 0 N–H and O–H groups in total. The molecule has 5 heteroatoms. The SMILES string of the molecule is CC(=O)[C@@H]1[C@@H](c2cccnc2)C2(C(=O)c3ccccc3C2=O)[C@H]2C=Cc3ccc(C)cc3N12. The predicted octanol–water partition coefficient (Wildman–Crippen LogP) is 4.41. The van der Waals surface area contributed by atoms with E-state index >= 15 is 0 Å². The number of hydrogen-bond donors (Lipinski definition) is 0. The summed E-state index contributed by atoms with van der Waals surface area (Å²) >= 11 is 0. The summed E-state index contributed by atoms with van der Waals surface area (Å²) in [6.07, 6.45) is 7.26. The van der Waals surface area contributed by atoms with Gasteiger partial charge in [-0.2, -0.15) is 0 Å². The molecule has 1 aliphatic carbocycles. The minimum Gasteiger partial charge on any atom is -0.352 e. The van der Waals surface area contributed by atoms with Gasteiger partial charge in [0.1, 0.15) is 5.41 Å². The molecule has 2 aromatic carbocycles. The Balaban J connectivity index is 1.69. The molecule has 162 valence electrons. The molecule has 1 spiro atoms. The maximum Gasteiger partial charge on any atom is 0.180 e. The highest BCUT2D eigenvalue weighted by atomic mass is 16.2. The fraction of sp³-hybridized carbons (Fsp3) is 0.214. The lowest BCUT2D eigenvalue weighted by molar-refractivity contribution is -0.118. The van der Waals surface area contributed by atoms with Crippen molar-refractivity contribution in [2.75, 3.05) is 4.90 Å². The Morgan fingerprint density at radius 1 is 1.00 bits per heavy atom. The standard InChI is InChI=1S/C28H22N2O3/c1-16-9-10-18-11-12-23-28(26(32)20-7-3-4-8-21(20)27(28)33)24(19-6-5-13-29-15-19)25(17(2)31)30(23)22(18)14-16/h3-15,23-25H,1-2H3/t23-,24-,25-/m1/s1. The highest BCUT2D eigenvalue weighted by Crippen LogP contribution is 2.60. The first-order valence-corrected chi connectivity index (χ1v) is 11.1. The van der Waals surface area contributed by atoms with Gasteiger partial charge in [0.25, 0.3) is 0 Å². The van der Waals surface area contributed by atoms with Crippen LogP contribution >= 0.6 is 0 Å². The Hall–Kier alpha value is -3.86. The maximum atomic E-state index is 14.2. The lowest BCUT2D eigenvalue weighted by Crippen LogP contribution is -2.48. The van der Waals surface area contributed by atoms with Crippen LogP contribution in [-0.4, -0.2) is 34.4 Å². The van der Waals surface area contributed by atoms with E-state index in [9.17, 15) is 14.4 Å². The largest absolute Gasteiger partial charge is 0.352 e. The molecular weight excluding hydrogens is 412 g/mol. The van der Waals surface area contributed by atoms with Crippen molar-refractivity contribution < 1.29 is 14.4 Å². The number of benzene rings is 2.